The molecule has 1 saturated carbocycles. The molecular weight excluding hydrogens is 344 g/mol. The normalized spacial score (nSPS) is 23.0. The van der Waals surface area contributed by atoms with Gasteiger partial charge in [0.05, 0.1) is 12.7 Å². The van der Waals surface area contributed by atoms with Crippen molar-refractivity contribution in [2.45, 2.75) is 90.6 Å². The highest BCUT2D eigenvalue weighted by Crippen LogP contribution is 2.41. The molecule has 1 aliphatic rings. The van der Waals surface area contributed by atoms with E-state index in [1.165, 1.54) is 5.57 Å². The summed E-state index contributed by atoms with van der Waals surface area (Å²) in [6.45, 7) is 21.2. The first kappa shape index (κ1) is 23.8. The number of hydrogen-bond donors (Lipinski definition) is 0. The SMILES string of the molecule is C=C1CC(CCC(COC)OOC(C)C)[C@H](CO[Si](C)(C)C(C)(C)C)C1. The van der Waals surface area contributed by atoms with Crippen LogP contribution in [0, 0.1) is 11.8 Å². The highest BCUT2D eigenvalue weighted by atomic mass is 28.4. The van der Waals surface area contributed by atoms with Crippen LogP contribution in [0.2, 0.25) is 18.1 Å². The van der Waals surface area contributed by atoms with Crippen LogP contribution in [0.3, 0.4) is 0 Å². The zero-order valence-corrected chi connectivity index (χ0v) is 19.4. The van der Waals surface area contributed by atoms with E-state index in [0.717, 1.165) is 32.3 Å². The molecule has 0 saturated heterocycles. The minimum absolute atomic E-state index is 0.0155. The molecule has 0 aromatic rings. The number of allylic oxidation sites excluding steroid dienone is 1. The summed E-state index contributed by atoms with van der Waals surface area (Å²) in [6, 6.07) is 0. The fourth-order valence-electron chi connectivity index (χ4n) is 3.16. The average molecular weight is 387 g/mol. The molecule has 0 aliphatic heterocycles. The number of rotatable bonds is 11. The van der Waals surface area contributed by atoms with E-state index >= 15 is 0 Å². The van der Waals surface area contributed by atoms with Gasteiger partial charge in [-0.15, -0.1) is 0 Å². The minimum Gasteiger partial charge on any atom is -0.417 e. The van der Waals surface area contributed by atoms with Crippen molar-refractivity contribution in [1.29, 1.82) is 0 Å². The number of hydrogen-bond acceptors (Lipinski definition) is 4. The van der Waals surface area contributed by atoms with Gasteiger partial charge in [-0.05, 0) is 69.5 Å². The Morgan fingerprint density at radius 3 is 2.27 bits per heavy atom. The largest absolute Gasteiger partial charge is 0.417 e. The van der Waals surface area contributed by atoms with Gasteiger partial charge in [-0.2, -0.15) is 0 Å². The van der Waals surface area contributed by atoms with E-state index in [0.29, 0.717) is 18.4 Å². The van der Waals surface area contributed by atoms with Crippen LogP contribution in [0.1, 0.15) is 60.3 Å². The summed E-state index contributed by atoms with van der Waals surface area (Å²) in [5.74, 6) is 1.19. The molecule has 0 aromatic heterocycles. The highest BCUT2D eigenvalue weighted by molar-refractivity contribution is 6.74. The predicted molar refractivity (Wildman–Crippen MR) is 111 cm³/mol. The van der Waals surface area contributed by atoms with Crippen molar-refractivity contribution in [2.75, 3.05) is 20.3 Å². The maximum Gasteiger partial charge on any atom is 0.191 e. The van der Waals surface area contributed by atoms with Crippen molar-refractivity contribution in [2.24, 2.45) is 11.8 Å². The first-order valence-corrected chi connectivity index (χ1v) is 13.0. The summed E-state index contributed by atoms with van der Waals surface area (Å²) < 4.78 is 11.8. The predicted octanol–water partition coefficient (Wildman–Crippen LogP) is 5.74. The van der Waals surface area contributed by atoms with Crippen LogP contribution in [0.15, 0.2) is 12.2 Å². The quantitative estimate of drug-likeness (QED) is 0.196. The van der Waals surface area contributed by atoms with Crippen LogP contribution < -0.4 is 0 Å². The third-order valence-corrected chi connectivity index (χ3v) is 10.3. The molecule has 0 N–H and O–H groups in total. The summed E-state index contributed by atoms with van der Waals surface area (Å²) in [5.41, 5.74) is 1.36. The van der Waals surface area contributed by atoms with Crippen LogP contribution in [0.5, 0.6) is 0 Å². The Hall–Kier alpha value is -0.203. The van der Waals surface area contributed by atoms with Gasteiger partial charge in [0, 0.05) is 13.7 Å². The standard InChI is InChI=1S/C21H42O4Si/c1-16(2)24-25-20(15-22-7)11-10-18-12-17(3)13-19(18)14-23-26(8,9)21(4,5)6/h16,18-20H,3,10-15H2,1-2,4-9H3/t18?,19-,20?/m0/s1. The fraction of sp³-hybridized carbons (Fsp3) is 0.905. The molecule has 0 radical (unpaired) electrons. The summed E-state index contributed by atoms with van der Waals surface area (Å²) in [7, 11) is 0.00620. The Morgan fingerprint density at radius 1 is 1.12 bits per heavy atom. The molecule has 3 atom stereocenters. The zero-order valence-electron chi connectivity index (χ0n) is 18.4. The van der Waals surface area contributed by atoms with Crippen LogP contribution in [0.4, 0.5) is 0 Å². The Bertz CT molecular complexity index is 428. The van der Waals surface area contributed by atoms with Crippen molar-refractivity contribution in [3.05, 3.63) is 12.2 Å². The maximum atomic E-state index is 6.51. The molecule has 1 fully saturated rings. The van der Waals surface area contributed by atoms with Crippen molar-refractivity contribution in [1.82, 2.24) is 0 Å². The van der Waals surface area contributed by atoms with Gasteiger partial charge in [0.15, 0.2) is 8.32 Å². The van der Waals surface area contributed by atoms with Crippen molar-refractivity contribution in [3.63, 3.8) is 0 Å². The lowest BCUT2D eigenvalue weighted by Crippen LogP contribution is -2.42. The molecule has 154 valence electrons. The molecule has 0 aromatic carbocycles. The van der Waals surface area contributed by atoms with E-state index < -0.39 is 8.32 Å². The lowest BCUT2D eigenvalue weighted by atomic mass is 9.91. The van der Waals surface area contributed by atoms with Gasteiger partial charge >= 0.3 is 0 Å². The van der Waals surface area contributed by atoms with E-state index in [4.69, 9.17) is 18.9 Å². The van der Waals surface area contributed by atoms with Crippen LogP contribution in [-0.2, 0) is 18.9 Å². The smallest absolute Gasteiger partial charge is 0.191 e. The molecule has 0 heterocycles. The maximum absolute atomic E-state index is 6.51. The van der Waals surface area contributed by atoms with E-state index in [1.54, 1.807) is 7.11 Å². The minimum atomic E-state index is -1.70. The Kier molecular flexibility index (Phi) is 9.51. The molecule has 0 bridgehead atoms. The van der Waals surface area contributed by atoms with Crippen molar-refractivity contribution < 1.29 is 18.9 Å². The second kappa shape index (κ2) is 10.4. The van der Waals surface area contributed by atoms with E-state index in [9.17, 15) is 0 Å². The Balaban J connectivity index is 2.56. The van der Waals surface area contributed by atoms with Crippen molar-refractivity contribution >= 4 is 8.32 Å². The van der Waals surface area contributed by atoms with E-state index in [2.05, 4.69) is 40.4 Å². The molecule has 5 heteroatoms. The number of methoxy groups -OCH3 is 1. The van der Waals surface area contributed by atoms with Crippen molar-refractivity contribution in [3.8, 4) is 0 Å². The van der Waals surface area contributed by atoms with Gasteiger partial charge < -0.3 is 9.16 Å². The van der Waals surface area contributed by atoms with Gasteiger partial charge in [-0.25, -0.2) is 9.78 Å². The first-order chi connectivity index (χ1) is 12.0. The van der Waals surface area contributed by atoms with Gasteiger partial charge in [0.1, 0.15) is 6.10 Å². The summed E-state index contributed by atoms with van der Waals surface area (Å²) in [6.07, 6.45) is 4.28. The summed E-state index contributed by atoms with van der Waals surface area (Å²) in [5, 5.41) is 0.254. The molecule has 26 heavy (non-hydrogen) atoms. The van der Waals surface area contributed by atoms with Crippen LogP contribution >= 0.6 is 0 Å². The summed E-state index contributed by atoms with van der Waals surface area (Å²) >= 11 is 0. The van der Waals surface area contributed by atoms with Gasteiger partial charge in [-0.3, -0.25) is 0 Å². The lowest BCUT2D eigenvalue weighted by Gasteiger charge is -2.37. The van der Waals surface area contributed by atoms with E-state index in [1.807, 2.05) is 13.8 Å². The second-order valence-electron chi connectivity index (χ2n) is 9.65. The topological polar surface area (TPSA) is 36.9 Å². The van der Waals surface area contributed by atoms with Crippen LogP contribution in [-0.4, -0.2) is 40.8 Å². The third-order valence-electron chi connectivity index (χ3n) is 5.83. The number of ether oxygens (including phenoxy) is 1. The lowest BCUT2D eigenvalue weighted by molar-refractivity contribution is -0.350. The Labute approximate surface area is 162 Å². The zero-order chi connectivity index (χ0) is 20.0. The van der Waals surface area contributed by atoms with Crippen LogP contribution in [0.25, 0.3) is 0 Å². The molecule has 4 nitrogen and oxygen atoms in total. The summed E-state index contributed by atoms with van der Waals surface area (Å²) in [4.78, 5) is 10.9. The third kappa shape index (κ3) is 7.81. The van der Waals surface area contributed by atoms with Gasteiger partial charge in [0.25, 0.3) is 0 Å². The van der Waals surface area contributed by atoms with E-state index in [-0.39, 0.29) is 17.2 Å². The molecular formula is C21H42O4Si. The second-order valence-corrected chi connectivity index (χ2v) is 14.5. The molecule has 0 amide bonds. The highest BCUT2D eigenvalue weighted by Gasteiger charge is 2.39. The Morgan fingerprint density at radius 2 is 1.73 bits per heavy atom. The first-order valence-electron chi connectivity index (χ1n) is 10.1. The monoisotopic (exact) mass is 386 g/mol. The average Bonchev–Trinajstić information content (AvgIpc) is 2.87. The molecule has 2 unspecified atom stereocenters. The fourth-order valence-corrected chi connectivity index (χ4v) is 4.22. The molecule has 1 rings (SSSR count). The van der Waals surface area contributed by atoms with Gasteiger partial charge in [-0.1, -0.05) is 32.9 Å². The molecule has 0 spiro atoms. The van der Waals surface area contributed by atoms with Gasteiger partial charge in [0.2, 0.25) is 0 Å². The molecule has 1 aliphatic carbocycles.